The van der Waals surface area contributed by atoms with Crippen LogP contribution in [0.15, 0.2) is 40.9 Å². The Morgan fingerprint density at radius 1 is 1.00 bits per heavy atom. The van der Waals surface area contributed by atoms with Crippen LogP contribution < -0.4 is 9.64 Å². The Hall–Kier alpha value is -1.56. The molecule has 7 heteroatoms. The van der Waals surface area contributed by atoms with E-state index in [0.717, 1.165) is 10.9 Å². The predicted molar refractivity (Wildman–Crippen MR) is 102 cm³/mol. The molecular weight excluding hydrogens is 429 g/mol. The van der Waals surface area contributed by atoms with E-state index in [1.807, 2.05) is 6.07 Å². The number of amides is 1. The van der Waals surface area contributed by atoms with Crippen LogP contribution in [-0.2, 0) is 4.79 Å². The minimum absolute atomic E-state index is 0.448. The number of benzene rings is 2. The average Bonchev–Trinajstić information content (AvgIpc) is 2.78. The average molecular weight is 443 g/mol. The summed E-state index contributed by atoms with van der Waals surface area (Å²) in [6.45, 7) is 0.943. The molecule has 4 nitrogen and oxygen atoms in total. The lowest BCUT2D eigenvalue weighted by atomic mass is 10.1. The molecule has 25 heavy (non-hydrogen) atoms. The van der Waals surface area contributed by atoms with E-state index >= 15 is 0 Å². The van der Waals surface area contributed by atoms with Crippen molar-refractivity contribution < 1.29 is 14.3 Å². The number of ketones is 1. The third-order valence-corrected chi connectivity index (χ3v) is 4.74. The van der Waals surface area contributed by atoms with Gasteiger partial charge in [-0.1, -0.05) is 39.1 Å². The van der Waals surface area contributed by atoms with Crippen molar-refractivity contribution in [1.29, 1.82) is 0 Å². The fraction of sp³-hybridized carbons (Fsp3) is 0.222. The van der Waals surface area contributed by atoms with Crippen molar-refractivity contribution in [1.82, 2.24) is 0 Å². The Morgan fingerprint density at radius 3 is 2.44 bits per heavy atom. The zero-order valence-corrected chi connectivity index (χ0v) is 16.2. The minimum atomic E-state index is -0.476. The normalized spacial score (nSPS) is 13.3. The molecule has 1 amide bonds. The molecule has 0 unspecified atom stereocenters. The highest BCUT2D eigenvalue weighted by molar-refractivity contribution is 9.10. The molecule has 0 bridgehead atoms. The summed E-state index contributed by atoms with van der Waals surface area (Å²) < 4.78 is 6.40. The number of anilines is 1. The zero-order valence-electron chi connectivity index (χ0n) is 13.1. The van der Waals surface area contributed by atoms with Gasteiger partial charge < -0.3 is 9.64 Å². The van der Waals surface area contributed by atoms with Gasteiger partial charge in [0.05, 0.1) is 17.9 Å². The van der Waals surface area contributed by atoms with Crippen molar-refractivity contribution in [3.8, 4) is 5.75 Å². The third-order valence-electron chi connectivity index (χ3n) is 3.81. The number of carbonyl (C=O) groups is 2. The highest BCUT2D eigenvalue weighted by Gasteiger charge is 2.35. The smallest absolute Gasteiger partial charge is 0.299 e. The Labute approximate surface area is 163 Å². The summed E-state index contributed by atoms with van der Waals surface area (Å²) in [4.78, 5) is 25.7. The van der Waals surface area contributed by atoms with E-state index in [4.69, 9.17) is 27.9 Å². The van der Waals surface area contributed by atoms with Crippen molar-refractivity contribution in [2.24, 2.45) is 0 Å². The van der Waals surface area contributed by atoms with E-state index in [1.165, 1.54) is 4.90 Å². The van der Waals surface area contributed by atoms with Gasteiger partial charge in [0.25, 0.3) is 11.7 Å². The van der Waals surface area contributed by atoms with Crippen LogP contribution >= 0.6 is 39.1 Å². The van der Waals surface area contributed by atoms with E-state index in [0.29, 0.717) is 46.6 Å². The maximum absolute atomic E-state index is 12.1. The molecule has 0 spiro atoms. The summed E-state index contributed by atoms with van der Waals surface area (Å²) in [5, 5.41) is 1.04. The molecule has 0 radical (unpaired) electrons. The minimum Gasteiger partial charge on any atom is -0.493 e. The number of nitrogens with zero attached hydrogens (tertiary/aromatic N) is 1. The summed E-state index contributed by atoms with van der Waals surface area (Å²) in [5.41, 5.74) is 1.12. The van der Waals surface area contributed by atoms with Gasteiger partial charge in [-0.2, -0.15) is 0 Å². The van der Waals surface area contributed by atoms with Crippen molar-refractivity contribution in [3.63, 3.8) is 0 Å². The maximum atomic E-state index is 12.1. The fourth-order valence-corrected chi connectivity index (χ4v) is 3.54. The third kappa shape index (κ3) is 4.17. The monoisotopic (exact) mass is 441 g/mol. The molecular formula is C18H14BrCl2NO3. The second-order valence-electron chi connectivity index (χ2n) is 5.61. The standard InChI is InChI=1S/C18H14BrCl2NO3/c19-11-3-4-16-15(7-11)17(23)18(24)22(16)5-1-2-6-25-14-9-12(20)8-13(21)10-14/h3-4,7-10H,1-2,5-6H2. The van der Waals surface area contributed by atoms with E-state index in [9.17, 15) is 9.59 Å². The molecule has 0 N–H and O–H groups in total. The fourth-order valence-electron chi connectivity index (χ4n) is 2.67. The number of ether oxygens (including phenoxy) is 1. The second-order valence-corrected chi connectivity index (χ2v) is 7.40. The molecule has 1 aliphatic rings. The van der Waals surface area contributed by atoms with E-state index in [-0.39, 0.29) is 0 Å². The van der Waals surface area contributed by atoms with Gasteiger partial charge in [-0.05, 0) is 49.2 Å². The molecule has 2 aromatic rings. The number of hydrogen-bond donors (Lipinski definition) is 0. The predicted octanol–water partition coefficient (Wildman–Crippen LogP) is 5.14. The van der Waals surface area contributed by atoms with Crippen LogP contribution in [0.1, 0.15) is 23.2 Å². The van der Waals surface area contributed by atoms with Gasteiger partial charge in [-0.25, -0.2) is 0 Å². The SMILES string of the molecule is O=C1C(=O)N(CCCCOc2cc(Cl)cc(Cl)c2)c2ccc(Br)cc21. The molecule has 2 aromatic carbocycles. The zero-order chi connectivity index (χ0) is 18.0. The first kappa shape index (κ1) is 18.2. The van der Waals surface area contributed by atoms with Crippen molar-refractivity contribution in [2.45, 2.75) is 12.8 Å². The van der Waals surface area contributed by atoms with Gasteiger partial charge >= 0.3 is 0 Å². The molecule has 0 fully saturated rings. The van der Waals surface area contributed by atoms with Gasteiger partial charge in [0.15, 0.2) is 0 Å². The number of unbranched alkanes of at least 4 members (excludes halogenated alkanes) is 1. The van der Waals surface area contributed by atoms with Crippen LogP contribution in [0.25, 0.3) is 0 Å². The van der Waals surface area contributed by atoms with Crippen LogP contribution in [0.2, 0.25) is 10.0 Å². The summed E-state index contributed by atoms with van der Waals surface area (Å²) in [6.07, 6.45) is 1.44. The van der Waals surface area contributed by atoms with Crippen LogP contribution in [0.5, 0.6) is 5.75 Å². The van der Waals surface area contributed by atoms with E-state index in [1.54, 1.807) is 30.3 Å². The van der Waals surface area contributed by atoms with Gasteiger partial charge in [-0.3, -0.25) is 9.59 Å². The Morgan fingerprint density at radius 2 is 1.72 bits per heavy atom. The van der Waals surface area contributed by atoms with Gasteiger partial charge in [0, 0.05) is 21.1 Å². The van der Waals surface area contributed by atoms with E-state index < -0.39 is 11.7 Å². The summed E-state index contributed by atoms with van der Waals surface area (Å²) >= 11 is 15.2. The first-order valence-electron chi connectivity index (χ1n) is 7.70. The lowest BCUT2D eigenvalue weighted by Gasteiger charge is -2.16. The topological polar surface area (TPSA) is 46.6 Å². The second kappa shape index (κ2) is 7.77. The van der Waals surface area contributed by atoms with Crippen LogP contribution in [0.3, 0.4) is 0 Å². The molecule has 1 aliphatic heterocycles. The number of Topliss-reactive ketones (excluding diaryl/α,β-unsaturated/α-hetero) is 1. The van der Waals surface area contributed by atoms with Gasteiger partial charge in [0.2, 0.25) is 0 Å². The number of carbonyl (C=O) groups excluding carboxylic acids is 2. The van der Waals surface area contributed by atoms with Crippen molar-refractivity contribution in [2.75, 3.05) is 18.1 Å². The lowest BCUT2D eigenvalue weighted by Crippen LogP contribution is -2.30. The molecule has 0 atom stereocenters. The number of hydrogen-bond acceptors (Lipinski definition) is 3. The Bertz CT molecular complexity index is 821. The highest BCUT2D eigenvalue weighted by Crippen LogP contribution is 2.31. The summed E-state index contributed by atoms with van der Waals surface area (Å²) in [7, 11) is 0. The molecule has 0 aliphatic carbocycles. The van der Waals surface area contributed by atoms with Gasteiger partial charge in [-0.15, -0.1) is 0 Å². The maximum Gasteiger partial charge on any atom is 0.299 e. The highest BCUT2D eigenvalue weighted by atomic mass is 79.9. The van der Waals surface area contributed by atoms with E-state index in [2.05, 4.69) is 15.9 Å². The first-order valence-corrected chi connectivity index (χ1v) is 9.25. The van der Waals surface area contributed by atoms with Crippen LogP contribution in [0, 0.1) is 0 Å². The number of halogens is 3. The summed E-state index contributed by atoms with van der Waals surface area (Å²) in [5.74, 6) is -0.322. The summed E-state index contributed by atoms with van der Waals surface area (Å²) in [6, 6.07) is 10.3. The number of rotatable bonds is 6. The van der Waals surface area contributed by atoms with Crippen molar-refractivity contribution >= 4 is 56.5 Å². The molecule has 0 aromatic heterocycles. The first-order chi connectivity index (χ1) is 12.0. The molecule has 130 valence electrons. The molecule has 0 saturated heterocycles. The number of fused-ring (bicyclic) bond motifs is 1. The van der Waals surface area contributed by atoms with Crippen LogP contribution in [0.4, 0.5) is 5.69 Å². The van der Waals surface area contributed by atoms with Crippen LogP contribution in [-0.4, -0.2) is 24.8 Å². The molecule has 1 heterocycles. The molecule has 0 saturated carbocycles. The van der Waals surface area contributed by atoms with Crippen molar-refractivity contribution in [3.05, 3.63) is 56.5 Å². The largest absolute Gasteiger partial charge is 0.493 e. The Balaban J connectivity index is 1.53. The Kier molecular flexibility index (Phi) is 5.67. The quantitative estimate of drug-likeness (QED) is 0.459. The molecule has 3 rings (SSSR count). The van der Waals surface area contributed by atoms with Gasteiger partial charge in [0.1, 0.15) is 5.75 Å². The lowest BCUT2D eigenvalue weighted by molar-refractivity contribution is -0.114.